The van der Waals surface area contributed by atoms with E-state index in [9.17, 15) is 0 Å². The van der Waals surface area contributed by atoms with Crippen LogP contribution < -0.4 is 20.4 Å². The third-order valence-corrected chi connectivity index (χ3v) is 7.78. The normalized spacial score (nSPS) is 23.4. The standard InChI is InChI=1S/C29H55N7/c1-11-13-15-35(22-17-26(3,4)33-27(5,6)18-22)24-30-21-31-25(32-24)36(16-14-12-2)23-19-28(7,8)34-29(9,10)20-23/h21-23,33-34H,11-20H2,1-10H3. The average Bonchev–Trinajstić information content (AvgIpc) is 2.70. The number of nitrogens with one attached hydrogen (secondary N) is 2. The molecule has 0 aromatic carbocycles. The predicted octanol–water partition coefficient (Wildman–Crippen LogP) is 5.70. The monoisotopic (exact) mass is 501 g/mol. The highest BCUT2D eigenvalue weighted by atomic mass is 15.4. The number of hydrogen-bond acceptors (Lipinski definition) is 7. The minimum atomic E-state index is 0.0756. The maximum absolute atomic E-state index is 5.21. The van der Waals surface area contributed by atoms with Crippen molar-refractivity contribution >= 4 is 11.9 Å². The van der Waals surface area contributed by atoms with Gasteiger partial charge in [-0.1, -0.05) is 26.7 Å². The molecule has 2 N–H and O–H groups in total. The first kappa shape index (κ1) is 29.1. The number of aromatic nitrogens is 3. The highest BCUT2D eigenvalue weighted by Gasteiger charge is 2.42. The van der Waals surface area contributed by atoms with Gasteiger partial charge in [-0.2, -0.15) is 4.98 Å². The van der Waals surface area contributed by atoms with Crippen molar-refractivity contribution in [2.75, 3.05) is 22.9 Å². The van der Waals surface area contributed by atoms with E-state index in [0.717, 1.165) is 76.4 Å². The molecule has 3 rings (SSSR count). The summed E-state index contributed by atoms with van der Waals surface area (Å²) in [4.78, 5) is 19.7. The van der Waals surface area contributed by atoms with Crippen LogP contribution in [0.25, 0.3) is 0 Å². The van der Waals surface area contributed by atoms with Gasteiger partial charge in [0.2, 0.25) is 11.9 Å². The third kappa shape index (κ3) is 7.77. The van der Waals surface area contributed by atoms with Gasteiger partial charge in [0.1, 0.15) is 6.33 Å². The second-order valence-electron chi connectivity index (χ2n) is 14.1. The van der Waals surface area contributed by atoms with Crippen LogP contribution in [0.1, 0.15) is 121 Å². The fourth-order valence-electron chi connectivity index (χ4n) is 7.08. The third-order valence-electron chi connectivity index (χ3n) is 7.78. The summed E-state index contributed by atoms with van der Waals surface area (Å²) in [6, 6.07) is 0.803. The number of hydrogen-bond donors (Lipinski definition) is 2. The summed E-state index contributed by atoms with van der Waals surface area (Å²) in [7, 11) is 0. The topological polar surface area (TPSA) is 69.2 Å². The van der Waals surface area contributed by atoms with Gasteiger partial charge in [-0.05, 0) is 93.9 Å². The Bertz CT molecular complexity index is 751. The summed E-state index contributed by atoms with van der Waals surface area (Å²) in [5, 5.41) is 7.68. The van der Waals surface area contributed by atoms with Crippen LogP contribution in [0.2, 0.25) is 0 Å². The zero-order valence-corrected chi connectivity index (χ0v) is 25.0. The van der Waals surface area contributed by atoms with E-state index in [1.165, 1.54) is 0 Å². The Kier molecular flexibility index (Phi) is 8.97. The van der Waals surface area contributed by atoms with E-state index < -0.39 is 0 Å². The first-order valence-electron chi connectivity index (χ1n) is 14.5. The largest absolute Gasteiger partial charge is 0.338 e. The molecular formula is C29H55N7. The zero-order chi connectivity index (χ0) is 26.8. The number of rotatable bonds is 10. The van der Waals surface area contributed by atoms with Crippen LogP contribution in [-0.2, 0) is 0 Å². The summed E-state index contributed by atoms with van der Waals surface area (Å²) >= 11 is 0. The fraction of sp³-hybridized carbons (Fsp3) is 0.897. The van der Waals surface area contributed by atoms with Crippen molar-refractivity contribution in [1.29, 1.82) is 0 Å². The summed E-state index contributed by atoms with van der Waals surface area (Å²) < 4.78 is 0. The molecule has 2 fully saturated rings. The lowest BCUT2D eigenvalue weighted by Gasteiger charge is -2.50. The quantitative estimate of drug-likeness (QED) is 0.426. The Morgan fingerprint density at radius 2 is 1.00 bits per heavy atom. The second-order valence-corrected chi connectivity index (χ2v) is 14.1. The molecule has 0 saturated carbocycles. The van der Waals surface area contributed by atoms with Gasteiger partial charge in [0, 0.05) is 47.3 Å². The van der Waals surface area contributed by atoms with Gasteiger partial charge in [0.05, 0.1) is 0 Å². The SMILES string of the molecule is CCCCN(c1ncnc(N(CCCC)C2CC(C)(C)NC(C)(C)C2)n1)C1CC(C)(C)NC(C)(C)C1. The van der Waals surface area contributed by atoms with Crippen molar-refractivity contribution in [1.82, 2.24) is 25.6 Å². The average molecular weight is 502 g/mol. The van der Waals surface area contributed by atoms with Crippen LogP contribution in [0, 0.1) is 0 Å². The molecule has 0 aliphatic carbocycles. The molecular weight excluding hydrogens is 446 g/mol. The molecule has 0 amide bonds. The first-order chi connectivity index (χ1) is 16.7. The molecule has 0 atom stereocenters. The molecule has 0 bridgehead atoms. The lowest BCUT2D eigenvalue weighted by Crippen LogP contribution is -2.63. The fourth-order valence-corrected chi connectivity index (χ4v) is 7.08. The summed E-state index contributed by atoms with van der Waals surface area (Å²) in [5.41, 5.74) is 0.302. The predicted molar refractivity (Wildman–Crippen MR) is 153 cm³/mol. The number of unbranched alkanes of at least 4 members (excludes halogenated alkanes) is 2. The van der Waals surface area contributed by atoms with Gasteiger partial charge in [-0.25, -0.2) is 9.97 Å². The van der Waals surface area contributed by atoms with Gasteiger partial charge >= 0.3 is 0 Å². The lowest BCUT2D eigenvalue weighted by atomic mass is 9.79. The van der Waals surface area contributed by atoms with Gasteiger partial charge < -0.3 is 20.4 Å². The van der Waals surface area contributed by atoms with Gasteiger partial charge in [-0.15, -0.1) is 0 Å². The molecule has 1 aromatic rings. The Morgan fingerprint density at radius 3 is 1.31 bits per heavy atom. The Morgan fingerprint density at radius 1 is 0.667 bits per heavy atom. The Hall–Kier alpha value is -1.47. The van der Waals surface area contributed by atoms with Crippen LogP contribution in [0.4, 0.5) is 11.9 Å². The Balaban J connectivity index is 1.96. The molecule has 206 valence electrons. The minimum absolute atomic E-state index is 0.0756. The van der Waals surface area contributed by atoms with Crippen LogP contribution in [0.5, 0.6) is 0 Å². The summed E-state index contributed by atoms with van der Waals surface area (Å²) in [6.07, 6.45) is 10.7. The maximum Gasteiger partial charge on any atom is 0.230 e. The minimum Gasteiger partial charge on any atom is -0.338 e. The lowest BCUT2D eigenvalue weighted by molar-refractivity contribution is 0.157. The highest BCUT2D eigenvalue weighted by Crippen LogP contribution is 2.35. The van der Waals surface area contributed by atoms with Crippen molar-refractivity contribution < 1.29 is 0 Å². The molecule has 2 saturated heterocycles. The van der Waals surface area contributed by atoms with Gasteiger partial charge in [0.25, 0.3) is 0 Å². The van der Waals surface area contributed by atoms with Crippen LogP contribution in [0.3, 0.4) is 0 Å². The van der Waals surface area contributed by atoms with Crippen LogP contribution in [-0.4, -0.2) is 62.3 Å². The van der Waals surface area contributed by atoms with Crippen molar-refractivity contribution in [3.8, 4) is 0 Å². The number of nitrogens with zero attached hydrogens (tertiary/aromatic N) is 5. The van der Waals surface area contributed by atoms with Crippen molar-refractivity contribution in [3.63, 3.8) is 0 Å². The van der Waals surface area contributed by atoms with Crippen LogP contribution >= 0.6 is 0 Å². The number of piperidine rings is 2. The molecule has 2 aliphatic rings. The highest BCUT2D eigenvalue weighted by molar-refractivity contribution is 5.41. The molecule has 2 aliphatic heterocycles. The molecule has 3 heterocycles. The van der Waals surface area contributed by atoms with E-state index in [1.54, 1.807) is 6.33 Å². The van der Waals surface area contributed by atoms with E-state index in [-0.39, 0.29) is 22.2 Å². The van der Waals surface area contributed by atoms with Gasteiger partial charge in [0.15, 0.2) is 0 Å². The van der Waals surface area contributed by atoms with Crippen molar-refractivity contribution in [2.24, 2.45) is 0 Å². The number of anilines is 2. The first-order valence-corrected chi connectivity index (χ1v) is 14.5. The molecule has 0 radical (unpaired) electrons. The smallest absolute Gasteiger partial charge is 0.230 e. The second kappa shape index (κ2) is 11.1. The van der Waals surface area contributed by atoms with Crippen molar-refractivity contribution in [2.45, 2.75) is 155 Å². The molecule has 7 heteroatoms. The molecule has 7 nitrogen and oxygen atoms in total. The van der Waals surface area contributed by atoms with E-state index in [4.69, 9.17) is 15.0 Å². The molecule has 1 aromatic heterocycles. The van der Waals surface area contributed by atoms with Gasteiger partial charge in [-0.3, -0.25) is 0 Å². The zero-order valence-electron chi connectivity index (χ0n) is 25.0. The van der Waals surface area contributed by atoms with Crippen molar-refractivity contribution in [3.05, 3.63) is 6.33 Å². The maximum atomic E-state index is 5.21. The van der Waals surface area contributed by atoms with E-state index in [0.29, 0.717) is 12.1 Å². The molecule has 36 heavy (non-hydrogen) atoms. The summed E-state index contributed by atoms with van der Waals surface area (Å²) in [6.45, 7) is 25.1. The van der Waals surface area contributed by atoms with E-state index in [1.807, 2.05) is 0 Å². The van der Waals surface area contributed by atoms with E-state index >= 15 is 0 Å². The molecule has 0 spiro atoms. The van der Waals surface area contributed by atoms with E-state index in [2.05, 4.69) is 89.7 Å². The van der Waals surface area contributed by atoms with Crippen LogP contribution in [0.15, 0.2) is 6.33 Å². The summed E-state index contributed by atoms with van der Waals surface area (Å²) in [5.74, 6) is 1.70. The Labute approximate surface area is 221 Å². The molecule has 0 unspecified atom stereocenters.